The SMILES string of the molecule is C1=C(c2csc3ccccc23)CC2CCCC1N2Cc1ccccc1. The van der Waals surface area contributed by atoms with Crippen LogP contribution < -0.4 is 0 Å². The van der Waals surface area contributed by atoms with Crippen LogP contribution in [-0.2, 0) is 6.54 Å². The van der Waals surface area contributed by atoms with Gasteiger partial charge in [0.15, 0.2) is 0 Å². The van der Waals surface area contributed by atoms with E-state index >= 15 is 0 Å². The number of benzene rings is 2. The topological polar surface area (TPSA) is 3.24 Å². The predicted octanol–water partition coefficient (Wildman–Crippen LogP) is 6.11. The van der Waals surface area contributed by atoms with Gasteiger partial charge in [-0.2, -0.15) is 0 Å². The molecule has 5 rings (SSSR count). The lowest BCUT2D eigenvalue weighted by molar-refractivity contribution is 0.0951. The average Bonchev–Trinajstić information content (AvgIpc) is 3.06. The molecular weight excluding hydrogens is 322 g/mol. The van der Waals surface area contributed by atoms with Crippen molar-refractivity contribution in [1.82, 2.24) is 4.90 Å². The summed E-state index contributed by atoms with van der Waals surface area (Å²) in [5.41, 5.74) is 4.51. The van der Waals surface area contributed by atoms with Crippen molar-refractivity contribution in [3.63, 3.8) is 0 Å². The molecule has 1 fully saturated rings. The molecule has 3 aromatic rings. The molecule has 0 aliphatic carbocycles. The number of rotatable bonds is 3. The zero-order chi connectivity index (χ0) is 16.6. The van der Waals surface area contributed by atoms with Gasteiger partial charge in [0.2, 0.25) is 0 Å². The fraction of sp³-hybridized carbons (Fsp3) is 0.304. The van der Waals surface area contributed by atoms with E-state index in [4.69, 9.17) is 0 Å². The maximum absolute atomic E-state index is 2.75. The van der Waals surface area contributed by atoms with Gasteiger partial charge in [0.1, 0.15) is 0 Å². The van der Waals surface area contributed by atoms with Gasteiger partial charge in [-0.3, -0.25) is 4.90 Å². The molecule has 0 spiro atoms. The summed E-state index contributed by atoms with van der Waals surface area (Å²) in [6, 6.07) is 21.1. The summed E-state index contributed by atoms with van der Waals surface area (Å²) in [5, 5.41) is 3.81. The van der Waals surface area contributed by atoms with E-state index in [0.29, 0.717) is 12.1 Å². The predicted molar refractivity (Wildman–Crippen MR) is 108 cm³/mol. The van der Waals surface area contributed by atoms with Gasteiger partial charge < -0.3 is 0 Å². The van der Waals surface area contributed by atoms with Gasteiger partial charge in [-0.05, 0) is 52.8 Å². The standard InChI is InChI=1S/C23H23NS/c1-2-7-17(8-3-1)15-24-19-9-6-10-20(24)14-18(13-19)22-16-25-23-12-5-4-11-21(22)23/h1-5,7-8,11-13,16,19-20H,6,9-10,14-15H2. The molecular formula is C23H23NS. The Hall–Kier alpha value is -1.90. The zero-order valence-corrected chi connectivity index (χ0v) is 15.2. The van der Waals surface area contributed by atoms with Gasteiger partial charge in [-0.1, -0.05) is 61.0 Å². The van der Waals surface area contributed by atoms with Crippen LogP contribution >= 0.6 is 11.3 Å². The molecule has 1 saturated heterocycles. The Balaban J connectivity index is 1.48. The van der Waals surface area contributed by atoms with Gasteiger partial charge in [0.05, 0.1) is 0 Å². The Kier molecular flexibility index (Phi) is 3.95. The molecule has 2 aliphatic heterocycles. The lowest BCUT2D eigenvalue weighted by atomic mass is 9.82. The second-order valence-corrected chi connectivity index (χ2v) is 8.26. The van der Waals surface area contributed by atoms with Crippen LogP contribution in [0.5, 0.6) is 0 Å². The fourth-order valence-electron chi connectivity index (χ4n) is 4.58. The van der Waals surface area contributed by atoms with E-state index in [1.807, 2.05) is 11.3 Å². The summed E-state index contributed by atoms with van der Waals surface area (Å²) in [5.74, 6) is 0. The molecule has 2 unspecified atom stereocenters. The summed E-state index contributed by atoms with van der Waals surface area (Å²) in [6.07, 6.45) is 7.78. The molecule has 1 aromatic heterocycles. The third kappa shape index (κ3) is 2.84. The van der Waals surface area contributed by atoms with Crippen molar-refractivity contribution in [2.75, 3.05) is 0 Å². The van der Waals surface area contributed by atoms with Gasteiger partial charge in [0, 0.05) is 23.3 Å². The van der Waals surface area contributed by atoms with E-state index in [1.54, 1.807) is 5.57 Å². The molecule has 0 radical (unpaired) electrons. The van der Waals surface area contributed by atoms with Crippen LogP contribution in [0.4, 0.5) is 0 Å². The Morgan fingerprint density at radius 1 is 0.960 bits per heavy atom. The van der Waals surface area contributed by atoms with E-state index < -0.39 is 0 Å². The first-order valence-corrected chi connectivity index (χ1v) is 10.2. The summed E-state index contributed by atoms with van der Waals surface area (Å²) in [6.45, 7) is 1.09. The molecule has 0 amide bonds. The lowest BCUT2D eigenvalue weighted by Crippen LogP contribution is -2.47. The van der Waals surface area contributed by atoms with Crippen LogP contribution in [0.25, 0.3) is 15.7 Å². The van der Waals surface area contributed by atoms with Gasteiger partial charge >= 0.3 is 0 Å². The first-order chi connectivity index (χ1) is 12.4. The van der Waals surface area contributed by atoms with Crippen LogP contribution in [0.15, 0.2) is 66.1 Å². The molecule has 3 heterocycles. The zero-order valence-electron chi connectivity index (χ0n) is 14.4. The smallest absolute Gasteiger partial charge is 0.0349 e. The third-order valence-electron chi connectivity index (χ3n) is 5.82. The molecule has 2 heteroatoms. The Morgan fingerprint density at radius 2 is 1.80 bits per heavy atom. The van der Waals surface area contributed by atoms with Crippen LogP contribution in [0.1, 0.15) is 36.8 Å². The molecule has 126 valence electrons. The van der Waals surface area contributed by atoms with Crippen LogP contribution in [0.2, 0.25) is 0 Å². The summed E-state index contributed by atoms with van der Waals surface area (Å²) < 4.78 is 1.41. The highest BCUT2D eigenvalue weighted by Crippen LogP contribution is 2.41. The minimum absolute atomic E-state index is 0.598. The van der Waals surface area contributed by atoms with Crippen molar-refractivity contribution < 1.29 is 0 Å². The first kappa shape index (κ1) is 15.4. The largest absolute Gasteiger partial charge is 0.289 e. The molecule has 1 nitrogen and oxygen atoms in total. The summed E-state index contributed by atoms with van der Waals surface area (Å²) in [7, 11) is 0. The number of hydrogen-bond acceptors (Lipinski definition) is 2. The third-order valence-corrected chi connectivity index (χ3v) is 6.78. The van der Waals surface area contributed by atoms with E-state index in [0.717, 1.165) is 6.54 Å². The molecule has 25 heavy (non-hydrogen) atoms. The quantitative estimate of drug-likeness (QED) is 0.553. The molecule has 0 saturated carbocycles. The Labute approximate surface area is 153 Å². The maximum Gasteiger partial charge on any atom is 0.0349 e. The monoisotopic (exact) mass is 345 g/mol. The molecule has 2 atom stereocenters. The van der Waals surface area contributed by atoms with Gasteiger partial charge in [0.25, 0.3) is 0 Å². The van der Waals surface area contributed by atoms with Crippen molar-refractivity contribution in [1.29, 1.82) is 0 Å². The number of piperidine rings is 1. The first-order valence-electron chi connectivity index (χ1n) is 9.35. The highest BCUT2D eigenvalue weighted by molar-refractivity contribution is 7.17. The average molecular weight is 346 g/mol. The van der Waals surface area contributed by atoms with Gasteiger partial charge in [-0.25, -0.2) is 0 Å². The van der Waals surface area contributed by atoms with Crippen molar-refractivity contribution in [2.24, 2.45) is 0 Å². The maximum atomic E-state index is 2.75. The summed E-state index contributed by atoms with van der Waals surface area (Å²) >= 11 is 1.88. The summed E-state index contributed by atoms with van der Waals surface area (Å²) in [4.78, 5) is 2.75. The van der Waals surface area contributed by atoms with E-state index in [1.165, 1.54) is 46.9 Å². The van der Waals surface area contributed by atoms with E-state index in [9.17, 15) is 0 Å². The number of nitrogens with zero attached hydrogens (tertiary/aromatic N) is 1. The van der Waals surface area contributed by atoms with Crippen LogP contribution in [-0.4, -0.2) is 17.0 Å². The molecule has 2 aliphatic rings. The Morgan fingerprint density at radius 3 is 2.68 bits per heavy atom. The second-order valence-electron chi connectivity index (χ2n) is 7.35. The van der Waals surface area contributed by atoms with Crippen LogP contribution in [0, 0.1) is 0 Å². The van der Waals surface area contributed by atoms with E-state index in [-0.39, 0.29) is 0 Å². The van der Waals surface area contributed by atoms with Crippen molar-refractivity contribution in [3.8, 4) is 0 Å². The van der Waals surface area contributed by atoms with Crippen molar-refractivity contribution in [2.45, 2.75) is 44.3 Å². The van der Waals surface area contributed by atoms with Crippen molar-refractivity contribution in [3.05, 3.63) is 77.2 Å². The van der Waals surface area contributed by atoms with E-state index in [2.05, 4.69) is 71.0 Å². The number of hydrogen-bond donors (Lipinski definition) is 0. The normalized spacial score (nSPS) is 23.6. The van der Waals surface area contributed by atoms with Gasteiger partial charge in [-0.15, -0.1) is 11.3 Å². The molecule has 0 N–H and O–H groups in total. The second kappa shape index (κ2) is 6.44. The Bertz CT molecular complexity index is 908. The number of fused-ring (bicyclic) bond motifs is 3. The van der Waals surface area contributed by atoms with Crippen LogP contribution in [0.3, 0.4) is 0 Å². The minimum atomic E-state index is 0.598. The number of thiophene rings is 1. The lowest BCUT2D eigenvalue weighted by Gasteiger charge is -2.45. The highest BCUT2D eigenvalue weighted by Gasteiger charge is 2.34. The molecule has 2 aromatic carbocycles. The minimum Gasteiger partial charge on any atom is -0.289 e. The molecule has 2 bridgehead atoms. The fourth-order valence-corrected chi connectivity index (χ4v) is 5.57. The van der Waals surface area contributed by atoms with Crippen molar-refractivity contribution >= 4 is 27.0 Å². The highest BCUT2D eigenvalue weighted by atomic mass is 32.1.